The Morgan fingerprint density at radius 1 is 1.45 bits per heavy atom. The maximum atomic E-state index is 5.86. The number of thioether (sulfide) groups is 1. The predicted octanol–water partition coefficient (Wildman–Crippen LogP) is 2.44. The highest BCUT2D eigenvalue weighted by atomic mass is 32.2. The van der Waals surface area contributed by atoms with Crippen LogP contribution in [0, 0.1) is 5.92 Å². The van der Waals surface area contributed by atoms with E-state index in [1.807, 2.05) is 11.8 Å². The van der Waals surface area contributed by atoms with Gasteiger partial charge in [0.15, 0.2) is 0 Å². The third-order valence-electron chi connectivity index (χ3n) is 3.96. The van der Waals surface area contributed by atoms with Gasteiger partial charge < -0.3 is 0 Å². The fourth-order valence-corrected chi connectivity index (χ4v) is 4.14. The van der Waals surface area contributed by atoms with Crippen molar-refractivity contribution in [2.45, 2.75) is 32.4 Å². The van der Waals surface area contributed by atoms with Gasteiger partial charge in [0.1, 0.15) is 0 Å². The fourth-order valence-electron chi connectivity index (χ4n) is 2.87. The van der Waals surface area contributed by atoms with E-state index in [0.29, 0.717) is 12.0 Å². The molecule has 1 heterocycles. The van der Waals surface area contributed by atoms with Gasteiger partial charge in [-0.05, 0) is 30.5 Å². The average molecular weight is 293 g/mol. The Balaban J connectivity index is 2.18. The van der Waals surface area contributed by atoms with Crippen LogP contribution in [0.5, 0.6) is 0 Å². The summed E-state index contributed by atoms with van der Waals surface area (Å²) in [6.45, 7) is 5.66. The zero-order valence-corrected chi connectivity index (χ0v) is 13.6. The van der Waals surface area contributed by atoms with E-state index >= 15 is 0 Å². The standard InChI is InChI=1S/C16H27N3S/c1-12(2)9-13-5-4-6-14(10-13)16(18-17)15-11-20-8-7-19(15)3/h4-6,10,12,15-16,18H,7-9,11,17H2,1-3H3. The topological polar surface area (TPSA) is 41.3 Å². The van der Waals surface area contributed by atoms with Crippen molar-refractivity contribution >= 4 is 11.8 Å². The predicted molar refractivity (Wildman–Crippen MR) is 88.8 cm³/mol. The Morgan fingerprint density at radius 2 is 2.25 bits per heavy atom. The third kappa shape index (κ3) is 3.98. The molecule has 0 radical (unpaired) electrons. The number of nitrogens with two attached hydrogens (primary N) is 1. The van der Waals surface area contributed by atoms with Crippen molar-refractivity contribution in [1.82, 2.24) is 10.3 Å². The molecule has 1 aromatic carbocycles. The molecule has 2 rings (SSSR count). The van der Waals surface area contributed by atoms with Crippen LogP contribution in [0.1, 0.15) is 31.0 Å². The highest BCUT2D eigenvalue weighted by molar-refractivity contribution is 7.99. The number of nitrogens with one attached hydrogen (secondary N) is 1. The Hall–Kier alpha value is -0.550. The van der Waals surface area contributed by atoms with E-state index in [0.717, 1.165) is 18.7 Å². The highest BCUT2D eigenvalue weighted by Crippen LogP contribution is 2.27. The number of hydrazine groups is 1. The van der Waals surface area contributed by atoms with Crippen molar-refractivity contribution in [1.29, 1.82) is 0 Å². The summed E-state index contributed by atoms with van der Waals surface area (Å²) < 4.78 is 0. The molecular weight excluding hydrogens is 266 g/mol. The van der Waals surface area contributed by atoms with Crippen LogP contribution in [0.15, 0.2) is 24.3 Å². The van der Waals surface area contributed by atoms with E-state index in [2.05, 4.69) is 55.5 Å². The summed E-state index contributed by atoms with van der Waals surface area (Å²) in [5, 5.41) is 0. The first-order chi connectivity index (χ1) is 9.61. The average Bonchev–Trinajstić information content (AvgIpc) is 2.41. The molecule has 0 aromatic heterocycles. The lowest BCUT2D eigenvalue weighted by Gasteiger charge is -2.37. The van der Waals surface area contributed by atoms with Crippen LogP contribution in [0.2, 0.25) is 0 Å². The second kappa shape index (κ2) is 7.46. The van der Waals surface area contributed by atoms with Crippen molar-refractivity contribution in [3.63, 3.8) is 0 Å². The van der Waals surface area contributed by atoms with Gasteiger partial charge in [-0.3, -0.25) is 16.2 Å². The maximum Gasteiger partial charge on any atom is 0.0623 e. The number of rotatable bonds is 5. The number of hydrogen-bond donors (Lipinski definition) is 2. The molecule has 2 atom stereocenters. The summed E-state index contributed by atoms with van der Waals surface area (Å²) in [5.41, 5.74) is 5.76. The van der Waals surface area contributed by atoms with Gasteiger partial charge in [0.2, 0.25) is 0 Å². The van der Waals surface area contributed by atoms with Gasteiger partial charge in [-0.25, -0.2) is 0 Å². The van der Waals surface area contributed by atoms with Crippen LogP contribution in [-0.2, 0) is 6.42 Å². The number of nitrogens with zero attached hydrogens (tertiary/aromatic N) is 1. The maximum absolute atomic E-state index is 5.86. The number of hydrogen-bond acceptors (Lipinski definition) is 4. The summed E-state index contributed by atoms with van der Waals surface area (Å²) >= 11 is 2.02. The van der Waals surface area contributed by atoms with Crippen molar-refractivity contribution in [2.24, 2.45) is 11.8 Å². The molecule has 0 amide bonds. The molecule has 3 N–H and O–H groups in total. The van der Waals surface area contributed by atoms with Crippen LogP contribution in [0.4, 0.5) is 0 Å². The Bertz CT molecular complexity index is 422. The summed E-state index contributed by atoms with van der Waals surface area (Å²) in [4.78, 5) is 2.43. The molecule has 1 fully saturated rings. The van der Waals surface area contributed by atoms with Gasteiger partial charge in [-0.15, -0.1) is 0 Å². The largest absolute Gasteiger partial charge is 0.300 e. The van der Waals surface area contributed by atoms with Gasteiger partial charge in [0.05, 0.1) is 6.04 Å². The molecule has 1 aliphatic rings. The molecule has 0 spiro atoms. The Morgan fingerprint density at radius 3 is 2.90 bits per heavy atom. The normalized spacial score (nSPS) is 22.1. The molecule has 2 unspecified atom stereocenters. The van der Waals surface area contributed by atoms with Crippen molar-refractivity contribution in [3.05, 3.63) is 35.4 Å². The van der Waals surface area contributed by atoms with Crippen molar-refractivity contribution < 1.29 is 0 Å². The molecule has 1 aliphatic heterocycles. The number of benzene rings is 1. The van der Waals surface area contributed by atoms with Gasteiger partial charge in [0, 0.05) is 24.1 Å². The third-order valence-corrected chi connectivity index (χ3v) is 5.01. The zero-order valence-electron chi connectivity index (χ0n) is 12.8. The second-order valence-electron chi connectivity index (χ2n) is 6.11. The van der Waals surface area contributed by atoms with Crippen LogP contribution in [0.3, 0.4) is 0 Å². The van der Waals surface area contributed by atoms with Gasteiger partial charge in [-0.1, -0.05) is 38.1 Å². The van der Waals surface area contributed by atoms with Gasteiger partial charge in [-0.2, -0.15) is 11.8 Å². The first-order valence-corrected chi connectivity index (χ1v) is 8.60. The zero-order chi connectivity index (χ0) is 14.5. The monoisotopic (exact) mass is 293 g/mol. The van der Waals surface area contributed by atoms with E-state index in [1.165, 1.54) is 16.9 Å². The van der Waals surface area contributed by atoms with E-state index in [-0.39, 0.29) is 6.04 Å². The van der Waals surface area contributed by atoms with E-state index in [9.17, 15) is 0 Å². The minimum absolute atomic E-state index is 0.208. The SMILES string of the molecule is CC(C)Cc1cccc(C(NN)C2CSCCN2C)c1. The summed E-state index contributed by atoms with van der Waals surface area (Å²) in [7, 11) is 2.20. The minimum atomic E-state index is 0.208. The summed E-state index contributed by atoms with van der Waals surface area (Å²) in [5.74, 6) is 8.90. The van der Waals surface area contributed by atoms with Crippen LogP contribution in [-0.4, -0.2) is 36.0 Å². The summed E-state index contributed by atoms with van der Waals surface area (Å²) in [6.07, 6.45) is 1.13. The smallest absolute Gasteiger partial charge is 0.0623 e. The fraction of sp³-hybridized carbons (Fsp3) is 0.625. The summed E-state index contributed by atoms with van der Waals surface area (Å²) in [6, 6.07) is 9.57. The van der Waals surface area contributed by atoms with Crippen LogP contribution in [0.25, 0.3) is 0 Å². The first kappa shape index (κ1) is 15.8. The molecule has 1 saturated heterocycles. The molecule has 1 aromatic rings. The molecule has 20 heavy (non-hydrogen) atoms. The lowest BCUT2D eigenvalue weighted by molar-refractivity contribution is 0.216. The van der Waals surface area contributed by atoms with Gasteiger partial charge in [0.25, 0.3) is 0 Å². The quantitative estimate of drug-likeness (QED) is 0.646. The molecular formula is C16H27N3S. The van der Waals surface area contributed by atoms with Gasteiger partial charge >= 0.3 is 0 Å². The van der Waals surface area contributed by atoms with Crippen LogP contribution < -0.4 is 11.3 Å². The molecule has 4 heteroatoms. The number of likely N-dealkylation sites (N-methyl/N-ethyl adjacent to an activating group) is 1. The van der Waals surface area contributed by atoms with Crippen molar-refractivity contribution in [3.8, 4) is 0 Å². The Kier molecular flexibility index (Phi) is 5.90. The first-order valence-electron chi connectivity index (χ1n) is 7.44. The van der Waals surface area contributed by atoms with E-state index in [1.54, 1.807) is 0 Å². The highest BCUT2D eigenvalue weighted by Gasteiger charge is 2.28. The van der Waals surface area contributed by atoms with Crippen molar-refractivity contribution in [2.75, 3.05) is 25.1 Å². The lowest BCUT2D eigenvalue weighted by Crippen LogP contribution is -2.49. The van der Waals surface area contributed by atoms with Crippen LogP contribution >= 0.6 is 11.8 Å². The second-order valence-corrected chi connectivity index (χ2v) is 7.26. The molecule has 0 aliphatic carbocycles. The lowest BCUT2D eigenvalue weighted by atomic mass is 9.95. The molecule has 112 valence electrons. The Labute approximate surface area is 127 Å². The molecule has 3 nitrogen and oxygen atoms in total. The minimum Gasteiger partial charge on any atom is -0.300 e. The molecule has 0 bridgehead atoms. The van der Waals surface area contributed by atoms with E-state index < -0.39 is 0 Å². The molecule has 0 saturated carbocycles. The van der Waals surface area contributed by atoms with E-state index in [4.69, 9.17) is 5.84 Å².